The number of hydrogen-bond acceptors (Lipinski definition) is 5. The van der Waals surface area contributed by atoms with E-state index in [1.165, 1.54) is 5.56 Å². The van der Waals surface area contributed by atoms with Crippen LogP contribution in [-0.4, -0.2) is 37.6 Å². The van der Waals surface area contributed by atoms with Gasteiger partial charge in [-0.1, -0.05) is 6.07 Å². The number of rotatable bonds is 7. The van der Waals surface area contributed by atoms with Gasteiger partial charge >= 0.3 is 0 Å². The first-order valence-corrected chi connectivity index (χ1v) is 9.47. The molecule has 1 fully saturated rings. The normalized spacial score (nSPS) is 17.0. The molecule has 6 heteroatoms. The highest BCUT2D eigenvalue weighted by atomic mass is 16.5. The van der Waals surface area contributed by atoms with Gasteiger partial charge in [-0.25, -0.2) is 0 Å². The van der Waals surface area contributed by atoms with Crippen LogP contribution in [0.25, 0.3) is 0 Å². The van der Waals surface area contributed by atoms with Crippen molar-refractivity contribution in [3.8, 4) is 11.5 Å². The van der Waals surface area contributed by atoms with E-state index in [-0.39, 0.29) is 11.9 Å². The van der Waals surface area contributed by atoms with E-state index in [2.05, 4.69) is 6.07 Å². The number of amides is 1. The molecule has 1 saturated heterocycles. The van der Waals surface area contributed by atoms with Crippen molar-refractivity contribution in [1.29, 1.82) is 0 Å². The summed E-state index contributed by atoms with van der Waals surface area (Å²) in [5, 5.41) is 0. The number of methoxy groups -OCH3 is 2. The lowest BCUT2D eigenvalue weighted by atomic mass is 9.95. The Kier molecular flexibility index (Phi) is 6.40. The van der Waals surface area contributed by atoms with Crippen molar-refractivity contribution in [2.24, 2.45) is 5.73 Å². The maximum absolute atomic E-state index is 12.9. The zero-order valence-corrected chi connectivity index (χ0v) is 16.1. The molecule has 0 saturated carbocycles. The Morgan fingerprint density at radius 2 is 2.00 bits per heavy atom. The van der Waals surface area contributed by atoms with Gasteiger partial charge in [0, 0.05) is 12.6 Å². The van der Waals surface area contributed by atoms with Crippen LogP contribution in [-0.2, 0) is 13.0 Å². The molecule has 3 rings (SSSR count). The number of nitrogens with zero attached hydrogens (tertiary/aromatic N) is 1. The molecule has 1 aromatic heterocycles. The van der Waals surface area contributed by atoms with Crippen molar-refractivity contribution in [2.45, 2.75) is 44.7 Å². The van der Waals surface area contributed by atoms with E-state index in [0.717, 1.165) is 50.1 Å². The van der Waals surface area contributed by atoms with Crippen LogP contribution in [0.5, 0.6) is 11.5 Å². The number of likely N-dealkylation sites (tertiary alicyclic amines) is 1. The summed E-state index contributed by atoms with van der Waals surface area (Å²) in [7, 11) is 3.27. The average Bonchev–Trinajstić information content (AvgIpc) is 3.21. The van der Waals surface area contributed by atoms with Crippen LogP contribution < -0.4 is 15.2 Å². The number of furan rings is 1. The summed E-state index contributed by atoms with van der Waals surface area (Å²) >= 11 is 0. The van der Waals surface area contributed by atoms with Crippen LogP contribution >= 0.6 is 0 Å². The molecule has 2 N–H and O–H groups in total. The van der Waals surface area contributed by atoms with Crippen LogP contribution in [0.15, 0.2) is 34.7 Å². The summed E-state index contributed by atoms with van der Waals surface area (Å²) in [6.07, 6.45) is 4.98. The van der Waals surface area contributed by atoms with E-state index in [1.807, 2.05) is 17.0 Å². The van der Waals surface area contributed by atoms with Gasteiger partial charge in [0.05, 0.1) is 20.8 Å². The maximum atomic E-state index is 12.9. The third kappa shape index (κ3) is 4.45. The van der Waals surface area contributed by atoms with Crippen LogP contribution in [0.1, 0.15) is 47.6 Å². The summed E-state index contributed by atoms with van der Waals surface area (Å²) in [5.41, 5.74) is 6.76. The molecule has 1 atom stereocenters. The number of benzene rings is 1. The molecule has 1 amide bonds. The largest absolute Gasteiger partial charge is 0.493 e. The first-order chi connectivity index (χ1) is 13.2. The quantitative estimate of drug-likeness (QED) is 0.806. The van der Waals surface area contributed by atoms with Crippen LogP contribution in [0.4, 0.5) is 0 Å². The van der Waals surface area contributed by atoms with Crippen molar-refractivity contribution >= 4 is 5.91 Å². The Balaban J connectivity index is 1.68. The molecule has 0 spiro atoms. The van der Waals surface area contributed by atoms with Gasteiger partial charge in [-0.2, -0.15) is 0 Å². The van der Waals surface area contributed by atoms with Crippen molar-refractivity contribution < 1.29 is 18.7 Å². The van der Waals surface area contributed by atoms with Gasteiger partial charge in [0.15, 0.2) is 17.3 Å². The Hall–Kier alpha value is -2.47. The van der Waals surface area contributed by atoms with Crippen LogP contribution in [0.2, 0.25) is 0 Å². The van der Waals surface area contributed by atoms with Gasteiger partial charge in [-0.3, -0.25) is 4.79 Å². The van der Waals surface area contributed by atoms with Crippen molar-refractivity contribution in [3.63, 3.8) is 0 Å². The number of nitrogens with two attached hydrogens (primary N) is 1. The molecule has 6 nitrogen and oxygen atoms in total. The molecule has 0 bridgehead atoms. The molecule has 146 valence electrons. The molecule has 2 heterocycles. The minimum Gasteiger partial charge on any atom is -0.493 e. The standard InChI is InChI=1S/C21H28N2O4/c1-25-18-10-7-15(13-20(18)26-2)6-8-16-5-3-4-12-23(16)21(24)19-11-9-17(14-22)27-19/h7,9-11,13,16H,3-6,8,12,14,22H2,1-2H3/t16-/m1/s1. The van der Waals surface area contributed by atoms with Gasteiger partial charge in [0.25, 0.3) is 5.91 Å². The Bertz CT molecular complexity index is 771. The van der Waals surface area contributed by atoms with Gasteiger partial charge in [0.1, 0.15) is 5.76 Å². The third-order valence-electron chi connectivity index (χ3n) is 5.18. The van der Waals surface area contributed by atoms with E-state index in [0.29, 0.717) is 18.1 Å². The predicted molar refractivity (Wildman–Crippen MR) is 103 cm³/mol. The monoisotopic (exact) mass is 372 g/mol. The zero-order chi connectivity index (χ0) is 19.2. The number of piperidine rings is 1. The number of ether oxygens (including phenoxy) is 2. The number of carbonyl (C=O) groups excluding carboxylic acids is 1. The maximum Gasteiger partial charge on any atom is 0.289 e. The number of aryl methyl sites for hydroxylation is 1. The fourth-order valence-corrected chi connectivity index (χ4v) is 3.68. The molecule has 0 aliphatic carbocycles. The lowest BCUT2D eigenvalue weighted by Gasteiger charge is -2.35. The van der Waals surface area contributed by atoms with Crippen molar-refractivity contribution in [1.82, 2.24) is 4.90 Å². The van der Waals surface area contributed by atoms with Gasteiger partial charge in [-0.05, 0) is 61.9 Å². The summed E-state index contributed by atoms with van der Waals surface area (Å²) in [6.45, 7) is 1.07. The van der Waals surface area contributed by atoms with E-state index in [4.69, 9.17) is 19.6 Å². The minimum absolute atomic E-state index is 0.0355. The second-order valence-corrected chi connectivity index (χ2v) is 6.85. The highest BCUT2D eigenvalue weighted by molar-refractivity contribution is 5.91. The molecule has 1 aliphatic heterocycles. The van der Waals surface area contributed by atoms with E-state index >= 15 is 0 Å². The van der Waals surface area contributed by atoms with E-state index in [9.17, 15) is 4.79 Å². The Morgan fingerprint density at radius 1 is 1.19 bits per heavy atom. The number of carbonyl (C=O) groups is 1. The zero-order valence-electron chi connectivity index (χ0n) is 16.1. The highest BCUT2D eigenvalue weighted by Gasteiger charge is 2.29. The van der Waals surface area contributed by atoms with Gasteiger partial charge in [0.2, 0.25) is 0 Å². The summed E-state index contributed by atoms with van der Waals surface area (Å²) in [4.78, 5) is 14.9. The Labute approximate surface area is 160 Å². The fraction of sp³-hybridized carbons (Fsp3) is 0.476. The SMILES string of the molecule is COc1ccc(CC[C@H]2CCCCN2C(=O)c2ccc(CN)o2)cc1OC. The molecular weight excluding hydrogens is 344 g/mol. The minimum atomic E-state index is -0.0355. The van der Waals surface area contributed by atoms with Crippen molar-refractivity contribution in [2.75, 3.05) is 20.8 Å². The van der Waals surface area contributed by atoms with Crippen LogP contribution in [0, 0.1) is 0 Å². The second-order valence-electron chi connectivity index (χ2n) is 6.85. The van der Waals surface area contributed by atoms with Crippen molar-refractivity contribution in [3.05, 3.63) is 47.4 Å². The first-order valence-electron chi connectivity index (χ1n) is 9.47. The molecule has 0 unspecified atom stereocenters. The average molecular weight is 372 g/mol. The molecule has 2 aromatic rings. The number of hydrogen-bond donors (Lipinski definition) is 1. The lowest BCUT2D eigenvalue weighted by Crippen LogP contribution is -2.43. The second kappa shape index (κ2) is 8.95. The fourth-order valence-electron chi connectivity index (χ4n) is 3.68. The Morgan fingerprint density at radius 3 is 2.70 bits per heavy atom. The summed E-state index contributed by atoms with van der Waals surface area (Å²) in [6, 6.07) is 9.70. The van der Waals surface area contributed by atoms with E-state index in [1.54, 1.807) is 26.4 Å². The molecule has 1 aliphatic rings. The molecule has 27 heavy (non-hydrogen) atoms. The summed E-state index contributed by atoms with van der Waals surface area (Å²) in [5.74, 6) is 2.44. The first kappa shape index (κ1) is 19.3. The van der Waals surface area contributed by atoms with Crippen LogP contribution in [0.3, 0.4) is 0 Å². The predicted octanol–water partition coefficient (Wildman–Crippen LogP) is 3.38. The van der Waals surface area contributed by atoms with Gasteiger partial charge < -0.3 is 24.5 Å². The molecular formula is C21H28N2O4. The highest BCUT2D eigenvalue weighted by Crippen LogP contribution is 2.29. The lowest BCUT2D eigenvalue weighted by molar-refractivity contribution is 0.0567. The molecule has 0 radical (unpaired) electrons. The molecule has 1 aromatic carbocycles. The third-order valence-corrected chi connectivity index (χ3v) is 5.18. The summed E-state index contributed by atoms with van der Waals surface area (Å²) < 4.78 is 16.3. The van der Waals surface area contributed by atoms with E-state index < -0.39 is 0 Å². The smallest absolute Gasteiger partial charge is 0.289 e. The van der Waals surface area contributed by atoms with Gasteiger partial charge in [-0.15, -0.1) is 0 Å². The topological polar surface area (TPSA) is 77.9 Å².